The van der Waals surface area contributed by atoms with Crippen LogP contribution >= 0.6 is 0 Å². The Morgan fingerprint density at radius 3 is 2.28 bits per heavy atom. The molecule has 6 nitrogen and oxygen atoms in total. The highest BCUT2D eigenvalue weighted by Gasteiger charge is 2.44. The summed E-state index contributed by atoms with van der Waals surface area (Å²) in [6.45, 7) is -2.08. The van der Waals surface area contributed by atoms with Crippen LogP contribution in [0, 0.1) is 24.2 Å². The van der Waals surface area contributed by atoms with E-state index in [4.69, 9.17) is 0 Å². The lowest BCUT2D eigenvalue weighted by molar-refractivity contribution is -0.142. The summed E-state index contributed by atoms with van der Waals surface area (Å²) >= 11 is 0. The molecular formula is C24H31F5N2O4S. The van der Waals surface area contributed by atoms with E-state index in [9.17, 15) is 35.2 Å². The van der Waals surface area contributed by atoms with Crippen molar-refractivity contribution in [2.24, 2.45) is 17.3 Å². The number of carbonyl (C=O) groups excluding carboxylic acids is 1. The molecular weight excluding hydrogens is 507 g/mol. The fourth-order valence-electron chi connectivity index (χ4n) is 5.29. The monoisotopic (exact) mass is 538 g/mol. The summed E-state index contributed by atoms with van der Waals surface area (Å²) in [4.78, 5) is 16.2. The average Bonchev–Trinajstić information content (AvgIpc) is 3.69. The Labute approximate surface area is 207 Å². The number of rotatable bonds is 10. The van der Waals surface area contributed by atoms with Crippen LogP contribution in [0.5, 0.6) is 5.88 Å². The van der Waals surface area contributed by atoms with Crippen molar-refractivity contribution in [2.75, 3.05) is 12.3 Å². The third-order valence-electron chi connectivity index (χ3n) is 7.61. The molecule has 0 aromatic carbocycles. The van der Waals surface area contributed by atoms with E-state index < -0.39 is 50.9 Å². The minimum atomic E-state index is -4.90. The van der Waals surface area contributed by atoms with Gasteiger partial charge in [-0.25, -0.2) is 13.4 Å². The van der Waals surface area contributed by atoms with E-state index in [0.29, 0.717) is 37.7 Å². The van der Waals surface area contributed by atoms with Gasteiger partial charge in [-0.1, -0.05) is 12.8 Å². The highest BCUT2D eigenvalue weighted by atomic mass is 32.2. The Morgan fingerprint density at radius 2 is 1.75 bits per heavy atom. The summed E-state index contributed by atoms with van der Waals surface area (Å²) in [6.07, 6.45) is 2.15. The third kappa shape index (κ3) is 6.66. The minimum absolute atomic E-state index is 0.173. The molecule has 0 unspecified atom stereocenters. The Balaban J connectivity index is 1.48. The van der Waals surface area contributed by atoms with Crippen molar-refractivity contribution in [3.63, 3.8) is 0 Å². The quantitative estimate of drug-likeness (QED) is 0.409. The number of hydrogen-bond donors (Lipinski definition) is 1. The number of amides is 1. The fourth-order valence-corrected chi connectivity index (χ4v) is 7.51. The molecule has 12 heteroatoms. The van der Waals surface area contributed by atoms with Gasteiger partial charge in [-0.3, -0.25) is 4.79 Å². The molecule has 1 aromatic heterocycles. The van der Waals surface area contributed by atoms with Gasteiger partial charge in [0.05, 0.1) is 11.0 Å². The van der Waals surface area contributed by atoms with Gasteiger partial charge in [0.15, 0.2) is 9.84 Å². The molecule has 0 atom stereocenters. The lowest BCUT2D eigenvalue weighted by atomic mass is 9.70. The molecule has 36 heavy (non-hydrogen) atoms. The van der Waals surface area contributed by atoms with E-state index in [0.717, 1.165) is 32.1 Å². The molecule has 1 amide bonds. The predicted octanol–water partition coefficient (Wildman–Crippen LogP) is 5.29. The lowest BCUT2D eigenvalue weighted by Crippen LogP contribution is -2.43. The molecule has 1 heterocycles. The first kappa shape index (κ1) is 27.1. The molecule has 0 aliphatic heterocycles. The lowest BCUT2D eigenvalue weighted by Gasteiger charge is -2.40. The van der Waals surface area contributed by atoms with E-state index in [1.54, 1.807) is 0 Å². The molecule has 0 spiro atoms. The van der Waals surface area contributed by atoms with Crippen molar-refractivity contribution >= 4 is 15.7 Å². The van der Waals surface area contributed by atoms with Crippen LogP contribution in [0.25, 0.3) is 0 Å². The van der Waals surface area contributed by atoms with Gasteiger partial charge in [-0.2, -0.15) is 22.0 Å². The second kappa shape index (κ2) is 10.1. The Morgan fingerprint density at radius 1 is 1.14 bits per heavy atom. The van der Waals surface area contributed by atoms with Gasteiger partial charge in [0.2, 0.25) is 5.88 Å². The van der Waals surface area contributed by atoms with Gasteiger partial charge in [-0.05, 0) is 80.8 Å². The number of pyridine rings is 1. The topological polar surface area (TPSA) is 85.4 Å². The van der Waals surface area contributed by atoms with E-state index in [1.807, 2.05) is 0 Å². The van der Waals surface area contributed by atoms with E-state index in [-0.39, 0.29) is 29.2 Å². The Hall–Kier alpha value is -1.98. The van der Waals surface area contributed by atoms with Crippen molar-refractivity contribution < 1.29 is 39.9 Å². The molecule has 3 saturated carbocycles. The number of alkyl halides is 5. The summed E-state index contributed by atoms with van der Waals surface area (Å²) < 4.78 is 94.9. The number of sulfone groups is 1. The first-order chi connectivity index (χ1) is 16.8. The van der Waals surface area contributed by atoms with Crippen molar-refractivity contribution in [1.82, 2.24) is 10.3 Å². The molecule has 1 aromatic rings. The van der Waals surface area contributed by atoms with Crippen molar-refractivity contribution in [3.8, 4) is 5.88 Å². The van der Waals surface area contributed by atoms with Gasteiger partial charge in [0.25, 0.3) is 5.91 Å². The zero-order valence-corrected chi connectivity index (χ0v) is 20.9. The summed E-state index contributed by atoms with van der Waals surface area (Å²) in [5.74, 6) is -0.910. The van der Waals surface area contributed by atoms with Crippen molar-refractivity contribution in [3.05, 3.63) is 22.9 Å². The molecule has 0 saturated heterocycles. The molecule has 202 valence electrons. The van der Waals surface area contributed by atoms with Crippen LogP contribution in [0.1, 0.15) is 79.4 Å². The van der Waals surface area contributed by atoms with E-state index in [2.05, 4.69) is 15.0 Å². The second-order valence-electron chi connectivity index (χ2n) is 10.7. The summed E-state index contributed by atoms with van der Waals surface area (Å²) in [5.41, 5.74) is -2.43. The third-order valence-corrected chi connectivity index (χ3v) is 10.0. The molecule has 0 bridgehead atoms. The molecule has 3 aliphatic carbocycles. The number of aryl methyl sites for hydroxylation is 1. The first-order valence-corrected chi connectivity index (χ1v) is 14.0. The number of halogens is 5. The van der Waals surface area contributed by atoms with Crippen LogP contribution in [0.2, 0.25) is 0 Å². The van der Waals surface area contributed by atoms with Gasteiger partial charge in [-0.15, -0.1) is 0 Å². The van der Waals surface area contributed by atoms with E-state index >= 15 is 0 Å². The first-order valence-electron chi connectivity index (χ1n) is 12.3. The number of aromatic nitrogens is 1. The predicted molar refractivity (Wildman–Crippen MR) is 121 cm³/mol. The van der Waals surface area contributed by atoms with Gasteiger partial charge < -0.3 is 10.1 Å². The van der Waals surface area contributed by atoms with Crippen molar-refractivity contribution in [1.29, 1.82) is 0 Å². The standard InChI is InChI=1S/C24H31F5N2O4S/c1-14-10-18(24(27,28)29)31-21(35-22(25)26)19(14)20(32)30-13-23(11-15-2-3-15)8-6-17(7-9-23)36(33,34)12-16-4-5-16/h10,15-17,22H,2-9,11-13H2,1H3,(H,30,32)/t17-,23+. The van der Waals surface area contributed by atoms with Crippen LogP contribution in [-0.2, 0) is 16.0 Å². The zero-order valence-electron chi connectivity index (χ0n) is 20.0. The second-order valence-corrected chi connectivity index (χ2v) is 13.0. The zero-order chi connectivity index (χ0) is 26.3. The molecule has 3 aliphatic rings. The Bertz CT molecular complexity index is 1080. The maximum absolute atomic E-state index is 13.1. The smallest absolute Gasteiger partial charge is 0.416 e. The highest BCUT2D eigenvalue weighted by Crippen LogP contribution is 2.49. The maximum Gasteiger partial charge on any atom is 0.433 e. The summed E-state index contributed by atoms with van der Waals surface area (Å²) in [6, 6.07) is 0.628. The normalized spacial score (nSPS) is 25.1. The molecule has 4 rings (SSSR count). The Kier molecular flexibility index (Phi) is 7.56. The van der Waals surface area contributed by atoms with E-state index in [1.165, 1.54) is 6.92 Å². The van der Waals surface area contributed by atoms with Crippen LogP contribution in [0.4, 0.5) is 22.0 Å². The van der Waals surface area contributed by atoms with Gasteiger partial charge in [0.1, 0.15) is 11.3 Å². The number of nitrogens with zero attached hydrogens (tertiary/aromatic N) is 1. The number of ether oxygens (including phenoxy) is 1. The van der Waals surface area contributed by atoms with Crippen LogP contribution < -0.4 is 10.1 Å². The molecule has 0 radical (unpaired) electrons. The number of hydrogen-bond acceptors (Lipinski definition) is 5. The van der Waals surface area contributed by atoms with Crippen LogP contribution in [0.3, 0.4) is 0 Å². The average molecular weight is 539 g/mol. The molecule has 1 N–H and O–H groups in total. The largest absolute Gasteiger partial charge is 0.433 e. The minimum Gasteiger partial charge on any atom is -0.416 e. The SMILES string of the molecule is Cc1cc(C(F)(F)F)nc(OC(F)F)c1C(=O)NC[C@]1(CC2CC2)CC[C@H](S(=O)(=O)CC2CC2)CC1. The van der Waals surface area contributed by atoms with Crippen LogP contribution in [0.15, 0.2) is 6.07 Å². The highest BCUT2D eigenvalue weighted by molar-refractivity contribution is 7.92. The fraction of sp³-hybridized carbons (Fsp3) is 0.750. The summed E-state index contributed by atoms with van der Waals surface area (Å²) in [5, 5.41) is 2.32. The number of nitrogens with one attached hydrogen (secondary N) is 1. The van der Waals surface area contributed by atoms with Gasteiger partial charge >= 0.3 is 12.8 Å². The van der Waals surface area contributed by atoms with Crippen LogP contribution in [-0.4, -0.2) is 43.5 Å². The van der Waals surface area contributed by atoms with Gasteiger partial charge in [0, 0.05) is 6.54 Å². The molecule has 3 fully saturated rings. The number of carbonyl (C=O) groups is 1. The van der Waals surface area contributed by atoms with Crippen molar-refractivity contribution in [2.45, 2.75) is 82.7 Å². The summed E-state index contributed by atoms with van der Waals surface area (Å²) in [7, 11) is -3.17. The maximum atomic E-state index is 13.1.